The smallest absolute Gasteiger partial charge is 0.305 e. The van der Waals surface area contributed by atoms with Crippen molar-refractivity contribution < 1.29 is 14.3 Å². The molecule has 1 amide bonds. The zero-order valence-electron chi connectivity index (χ0n) is 14.1. The normalized spacial score (nSPS) is 11.7. The van der Waals surface area contributed by atoms with Crippen LogP contribution in [0.1, 0.15) is 52.0 Å². The van der Waals surface area contributed by atoms with Gasteiger partial charge < -0.3 is 10.1 Å². The molecule has 0 unspecified atom stereocenters. The van der Waals surface area contributed by atoms with Crippen LogP contribution in [0.4, 0.5) is 0 Å². The third-order valence-corrected chi connectivity index (χ3v) is 2.84. The number of hydrogen-bond acceptors (Lipinski definition) is 3. The average molecular weight is 307 g/mol. The molecule has 1 aromatic rings. The molecule has 1 saturated heterocycles. The number of β-lactam (4-membered cyclic amide) rings is 1. The van der Waals surface area contributed by atoms with Crippen LogP contribution in [0.25, 0.3) is 0 Å². The van der Waals surface area contributed by atoms with Crippen LogP contribution in [-0.2, 0) is 20.7 Å². The van der Waals surface area contributed by atoms with Crippen LogP contribution in [-0.4, -0.2) is 25.0 Å². The molecule has 0 bridgehead atoms. The third-order valence-electron chi connectivity index (χ3n) is 2.84. The van der Waals surface area contributed by atoms with Gasteiger partial charge in [0.2, 0.25) is 5.91 Å². The Hall–Kier alpha value is -1.84. The SMILES string of the molecule is CC.CCCC(=O)OCCCc1ccccc1.O=C1CCN1. The molecule has 22 heavy (non-hydrogen) atoms. The van der Waals surface area contributed by atoms with Crippen LogP contribution in [0.5, 0.6) is 0 Å². The van der Waals surface area contributed by atoms with Gasteiger partial charge in [0.15, 0.2) is 0 Å². The van der Waals surface area contributed by atoms with Gasteiger partial charge in [-0.1, -0.05) is 51.1 Å². The van der Waals surface area contributed by atoms with Crippen molar-refractivity contribution in [2.24, 2.45) is 0 Å². The molecule has 0 saturated carbocycles. The van der Waals surface area contributed by atoms with E-state index < -0.39 is 0 Å². The number of carbonyl (C=O) groups excluding carboxylic acids is 2. The number of ether oxygens (including phenoxy) is 1. The number of esters is 1. The Morgan fingerprint density at radius 2 is 1.82 bits per heavy atom. The molecule has 1 heterocycles. The van der Waals surface area contributed by atoms with Crippen molar-refractivity contribution in [3.63, 3.8) is 0 Å². The fourth-order valence-corrected chi connectivity index (χ4v) is 1.61. The summed E-state index contributed by atoms with van der Waals surface area (Å²) in [5.41, 5.74) is 1.30. The van der Waals surface area contributed by atoms with Gasteiger partial charge in [-0.15, -0.1) is 0 Å². The maximum absolute atomic E-state index is 11.0. The van der Waals surface area contributed by atoms with E-state index in [1.807, 2.05) is 39.0 Å². The van der Waals surface area contributed by atoms with E-state index >= 15 is 0 Å². The fraction of sp³-hybridized carbons (Fsp3) is 0.556. The number of carbonyl (C=O) groups is 2. The van der Waals surface area contributed by atoms with Gasteiger partial charge in [0, 0.05) is 19.4 Å². The molecule has 1 aliphatic rings. The molecule has 0 aliphatic carbocycles. The minimum atomic E-state index is -0.0782. The Morgan fingerprint density at radius 1 is 1.23 bits per heavy atom. The van der Waals surface area contributed by atoms with E-state index in [-0.39, 0.29) is 11.9 Å². The molecule has 0 aromatic heterocycles. The standard InChI is InChI=1S/C13H18O2.C3H5NO.C2H6/c1-2-7-13(14)15-11-6-10-12-8-4-3-5-9-12;5-3-1-2-4-3;1-2/h3-5,8-9H,2,6-7,10-11H2,1H3;1-2H2,(H,4,5);1-2H3. The first-order valence-corrected chi connectivity index (χ1v) is 8.18. The summed E-state index contributed by atoms with van der Waals surface area (Å²) in [5.74, 6) is 0.107. The third kappa shape index (κ3) is 10.9. The Labute approximate surface area is 134 Å². The van der Waals surface area contributed by atoms with Gasteiger partial charge in [-0.25, -0.2) is 0 Å². The van der Waals surface area contributed by atoms with Crippen LogP contribution in [0.3, 0.4) is 0 Å². The molecule has 1 N–H and O–H groups in total. The van der Waals surface area contributed by atoms with E-state index in [0.29, 0.717) is 13.0 Å². The van der Waals surface area contributed by atoms with Crippen molar-refractivity contribution in [2.75, 3.05) is 13.2 Å². The number of benzene rings is 1. The summed E-state index contributed by atoms with van der Waals surface area (Å²) in [6, 6.07) is 10.2. The van der Waals surface area contributed by atoms with Crippen molar-refractivity contribution in [1.29, 1.82) is 0 Å². The monoisotopic (exact) mass is 307 g/mol. The van der Waals surface area contributed by atoms with Crippen LogP contribution in [0, 0.1) is 0 Å². The maximum Gasteiger partial charge on any atom is 0.305 e. The van der Waals surface area contributed by atoms with Gasteiger partial charge in [0.05, 0.1) is 6.61 Å². The Kier molecular flexibility index (Phi) is 12.9. The van der Waals surface area contributed by atoms with Crippen molar-refractivity contribution in [3.05, 3.63) is 35.9 Å². The lowest BCUT2D eigenvalue weighted by molar-refractivity contribution is -0.143. The van der Waals surface area contributed by atoms with E-state index in [9.17, 15) is 9.59 Å². The predicted octanol–water partition coefficient (Wildman–Crippen LogP) is 3.50. The summed E-state index contributed by atoms with van der Waals surface area (Å²) < 4.78 is 5.07. The number of hydrogen-bond donors (Lipinski definition) is 1. The Bertz CT molecular complexity index is 398. The lowest BCUT2D eigenvalue weighted by Crippen LogP contribution is -2.37. The zero-order chi connectivity index (χ0) is 16.6. The highest BCUT2D eigenvalue weighted by Gasteiger charge is 2.07. The van der Waals surface area contributed by atoms with E-state index in [0.717, 1.165) is 32.2 Å². The van der Waals surface area contributed by atoms with Crippen molar-refractivity contribution in [2.45, 2.75) is 52.9 Å². The summed E-state index contributed by atoms with van der Waals surface area (Å²) in [5, 5.41) is 2.57. The number of amides is 1. The highest BCUT2D eigenvalue weighted by molar-refractivity contribution is 5.81. The highest BCUT2D eigenvalue weighted by atomic mass is 16.5. The molecule has 4 nitrogen and oxygen atoms in total. The van der Waals surface area contributed by atoms with Gasteiger partial charge in [-0.3, -0.25) is 9.59 Å². The molecular formula is C18H29NO3. The van der Waals surface area contributed by atoms with E-state index in [1.165, 1.54) is 5.56 Å². The minimum absolute atomic E-state index is 0.0782. The quantitative estimate of drug-likeness (QED) is 0.497. The van der Waals surface area contributed by atoms with Crippen molar-refractivity contribution in [1.82, 2.24) is 5.32 Å². The second-order valence-corrected chi connectivity index (χ2v) is 4.66. The molecule has 1 aliphatic heterocycles. The van der Waals surface area contributed by atoms with Crippen LogP contribution < -0.4 is 5.32 Å². The summed E-state index contributed by atoms with van der Waals surface area (Å²) in [6.07, 6.45) is 4.00. The van der Waals surface area contributed by atoms with Gasteiger partial charge in [0.1, 0.15) is 0 Å². The van der Waals surface area contributed by atoms with Gasteiger partial charge in [-0.2, -0.15) is 0 Å². The topological polar surface area (TPSA) is 55.4 Å². The van der Waals surface area contributed by atoms with Gasteiger partial charge in [-0.05, 0) is 24.8 Å². The second-order valence-electron chi connectivity index (χ2n) is 4.66. The van der Waals surface area contributed by atoms with E-state index in [2.05, 4.69) is 17.4 Å². The number of aryl methyl sites for hydroxylation is 1. The predicted molar refractivity (Wildman–Crippen MR) is 89.6 cm³/mol. The fourth-order valence-electron chi connectivity index (χ4n) is 1.61. The first kappa shape index (κ1) is 20.2. The minimum Gasteiger partial charge on any atom is -0.466 e. The molecule has 124 valence electrons. The van der Waals surface area contributed by atoms with Crippen molar-refractivity contribution >= 4 is 11.9 Å². The van der Waals surface area contributed by atoms with Gasteiger partial charge >= 0.3 is 5.97 Å². The maximum atomic E-state index is 11.0. The Balaban J connectivity index is 0.000000522. The molecule has 1 aromatic carbocycles. The Morgan fingerprint density at radius 3 is 2.27 bits per heavy atom. The van der Waals surface area contributed by atoms with Crippen LogP contribution in [0.2, 0.25) is 0 Å². The number of rotatable bonds is 6. The molecule has 1 fully saturated rings. The summed E-state index contributed by atoms with van der Waals surface area (Å²) in [7, 11) is 0. The molecule has 4 heteroatoms. The molecule has 0 radical (unpaired) electrons. The molecule has 0 atom stereocenters. The molecule has 0 spiro atoms. The van der Waals surface area contributed by atoms with E-state index in [4.69, 9.17) is 4.74 Å². The first-order valence-electron chi connectivity index (χ1n) is 8.18. The van der Waals surface area contributed by atoms with Crippen LogP contribution in [0.15, 0.2) is 30.3 Å². The molecule has 2 rings (SSSR count). The second kappa shape index (κ2) is 14.1. The van der Waals surface area contributed by atoms with Crippen molar-refractivity contribution in [3.8, 4) is 0 Å². The largest absolute Gasteiger partial charge is 0.466 e. The summed E-state index contributed by atoms with van der Waals surface area (Å²) in [6.45, 7) is 7.40. The summed E-state index contributed by atoms with van der Waals surface area (Å²) in [4.78, 5) is 20.8. The summed E-state index contributed by atoms with van der Waals surface area (Å²) >= 11 is 0. The van der Waals surface area contributed by atoms with Gasteiger partial charge in [0.25, 0.3) is 0 Å². The molecular weight excluding hydrogens is 278 g/mol. The van der Waals surface area contributed by atoms with E-state index in [1.54, 1.807) is 0 Å². The lowest BCUT2D eigenvalue weighted by Gasteiger charge is -2.10. The first-order chi connectivity index (χ1) is 10.7. The number of nitrogens with one attached hydrogen (secondary N) is 1. The lowest BCUT2D eigenvalue weighted by atomic mass is 10.1. The average Bonchev–Trinajstić information content (AvgIpc) is 2.53. The van der Waals surface area contributed by atoms with Crippen LogP contribution >= 0.6 is 0 Å². The zero-order valence-corrected chi connectivity index (χ0v) is 14.1. The highest BCUT2D eigenvalue weighted by Crippen LogP contribution is 2.02.